The van der Waals surface area contributed by atoms with E-state index in [1.165, 1.54) is 18.2 Å². The second-order valence-corrected chi connectivity index (χ2v) is 4.46. The number of non-ortho nitro benzene ring substituents is 1. The molecule has 0 heterocycles. The Balaban J connectivity index is 1.95. The molecule has 8 nitrogen and oxygen atoms in total. The van der Waals surface area contributed by atoms with E-state index in [0.29, 0.717) is 6.07 Å². The number of urea groups is 1. The maximum absolute atomic E-state index is 13.4. The smallest absolute Gasteiger partial charge is 0.304 e. The molecule has 3 amide bonds. The first-order chi connectivity index (χ1) is 11.4. The molecule has 0 saturated heterocycles. The van der Waals surface area contributed by atoms with Crippen molar-refractivity contribution in [3.63, 3.8) is 0 Å². The van der Waals surface area contributed by atoms with Crippen LogP contribution in [0.2, 0.25) is 0 Å². The molecule has 0 saturated carbocycles. The van der Waals surface area contributed by atoms with Gasteiger partial charge in [-0.15, -0.1) is 0 Å². The van der Waals surface area contributed by atoms with Crippen LogP contribution in [-0.2, 0) is 0 Å². The van der Waals surface area contributed by atoms with E-state index in [9.17, 15) is 28.5 Å². The van der Waals surface area contributed by atoms with E-state index in [-0.39, 0.29) is 16.9 Å². The SMILES string of the molecule is O=C(NNC(=O)c1cccc([N+](=O)[O-])c1)Nc1ccc(F)cc1F. The number of carbonyl (C=O) groups is 2. The number of hydrazine groups is 1. The first-order valence-electron chi connectivity index (χ1n) is 6.43. The maximum atomic E-state index is 13.4. The topological polar surface area (TPSA) is 113 Å². The molecule has 0 atom stereocenters. The third kappa shape index (κ3) is 4.22. The Bertz CT molecular complexity index is 813. The molecule has 0 fully saturated rings. The molecule has 0 aromatic heterocycles. The van der Waals surface area contributed by atoms with Crippen LogP contribution in [0.3, 0.4) is 0 Å². The fourth-order valence-electron chi connectivity index (χ4n) is 1.69. The van der Waals surface area contributed by atoms with Crippen molar-refractivity contribution in [1.29, 1.82) is 0 Å². The number of halogens is 2. The average molecular weight is 336 g/mol. The number of rotatable bonds is 3. The minimum absolute atomic E-state index is 0.0579. The van der Waals surface area contributed by atoms with Crippen LogP contribution >= 0.6 is 0 Å². The van der Waals surface area contributed by atoms with Gasteiger partial charge in [0.05, 0.1) is 10.6 Å². The lowest BCUT2D eigenvalue weighted by Crippen LogP contribution is -2.44. The van der Waals surface area contributed by atoms with Gasteiger partial charge in [-0.25, -0.2) is 19.0 Å². The number of amides is 3. The lowest BCUT2D eigenvalue weighted by molar-refractivity contribution is -0.384. The second kappa shape index (κ2) is 7.13. The summed E-state index contributed by atoms with van der Waals surface area (Å²) in [6, 6.07) is 6.38. The predicted octanol–water partition coefficient (Wildman–Crippen LogP) is 2.34. The first kappa shape index (κ1) is 16.8. The number of hydrogen-bond donors (Lipinski definition) is 3. The maximum Gasteiger partial charge on any atom is 0.338 e. The molecule has 0 radical (unpaired) electrons. The van der Waals surface area contributed by atoms with Crippen molar-refractivity contribution in [3.05, 3.63) is 69.8 Å². The zero-order chi connectivity index (χ0) is 17.7. The summed E-state index contributed by atoms with van der Waals surface area (Å²) in [7, 11) is 0. The summed E-state index contributed by atoms with van der Waals surface area (Å²) in [5.74, 6) is -2.61. The molecule has 0 spiro atoms. The molecule has 3 N–H and O–H groups in total. The Morgan fingerprint density at radius 1 is 1.04 bits per heavy atom. The Labute approximate surface area is 133 Å². The number of carbonyl (C=O) groups excluding carboxylic acids is 2. The Kier molecular flexibility index (Phi) is 5.00. The number of benzene rings is 2. The molecule has 0 bridgehead atoms. The summed E-state index contributed by atoms with van der Waals surface area (Å²) in [6.07, 6.45) is 0. The monoisotopic (exact) mass is 336 g/mol. The van der Waals surface area contributed by atoms with Gasteiger partial charge < -0.3 is 5.32 Å². The van der Waals surface area contributed by atoms with Crippen molar-refractivity contribution >= 4 is 23.3 Å². The van der Waals surface area contributed by atoms with E-state index in [0.717, 1.165) is 18.2 Å². The van der Waals surface area contributed by atoms with Crippen LogP contribution in [0.4, 0.5) is 25.0 Å². The highest BCUT2D eigenvalue weighted by molar-refractivity contribution is 5.97. The van der Waals surface area contributed by atoms with Crippen LogP contribution in [0.25, 0.3) is 0 Å². The van der Waals surface area contributed by atoms with E-state index in [1.54, 1.807) is 0 Å². The van der Waals surface area contributed by atoms with E-state index in [1.807, 2.05) is 10.9 Å². The molecule has 10 heteroatoms. The zero-order valence-electron chi connectivity index (χ0n) is 11.9. The van der Waals surface area contributed by atoms with Crippen LogP contribution in [0, 0.1) is 21.7 Å². The molecule has 24 heavy (non-hydrogen) atoms. The first-order valence-corrected chi connectivity index (χ1v) is 6.43. The van der Waals surface area contributed by atoms with Crippen molar-refractivity contribution < 1.29 is 23.3 Å². The molecule has 0 unspecified atom stereocenters. The summed E-state index contributed by atoms with van der Waals surface area (Å²) < 4.78 is 26.1. The number of hydrogen-bond acceptors (Lipinski definition) is 4. The van der Waals surface area contributed by atoms with E-state index < -0.39 is 28.5 Å². The van der Waals surface area contributed by atoms with Gasteiger partial charge >= 0.3 is 6.03 Å². The Morgan fingerprint density at radius 2 is 1.79 bits per heavy atom. The van der Waals surface area contributed by atoms with Crippen LogP contribution in [0.1, 0.15) is 10.4 Å². The van der Waals surface area contributed by atoms with Gasteiger partial charge in [0.2, 0.25) is 0 Å². The molecule has 2 aromatic carbocycles. The minimum Gasteiger partial charge on any atom is -0.304 e. The molecule has 0 aliphatic rings. The van der Waals surface area contributed by atoms with Gasteiger partial charge in [-0.2, -0.15) is 0 Å². The minimum atomic E-state index is -0.991. The lowest BCUT2D eigenvalue weighted by Gasteiger charge is -2.09. The highest BCUT2D eigenvalue weighted by Gasteiger charge is 2.13. The zero-order valence-corrected chi connectivity index (χ0v) is 11.9. The molecule has 2 rings (SSSR count). The van der Waals surface area contributed by atoms with Crippen LogP contribution in [0.15, 0.2) is 42.5 Å². The van der Waals surface area contributed by atoms with Crippen molar-refractivity contribution in [2.75, 3.05) is 5.32 Å². The molecular weight excluding hydrogens is 326 g/mol. The second-order valence-electron chi connectivity index (χ2n) is 4.46. The van der Waals surface area contributed by atoms with Crippen molar-refractivity contribution in [2.45, 2.75) is 0 Å². The summed E-state index contributed by atoms with van der Waals surface area (Å²) >= 11 is 0. The average Bonchev–Trinajstić information content (AvgIpc) is 2.55. The van der Waals surface area contributed by atoms with E-state index >= 15 is 0 Å². The van der Waals surface area contributed by atoms with E-state index in [4.69, 9.17) is 0 Å². The van der Waals surface area contributed by atoms with Gasteiger partial charge in [-0.1, -0.05) is 6.07 Å². The number of nitro groups is 1. The number of nitrogens with zero attached hydrogens (tertiary/aromatic N) is 1. The Morgan fingerprint density at radius 3 is 2.46 bits per heavy atom. The Hall–Kier alpha value is -3.56. The largest absolute Gasteiger partial charge is 0.338 e. The molecule has 2 aromatic rings. The van der Waals surface area contributed by atoms with Crippen molar-refractivity contribution in [3.8, 4) is 0 Å². The van der Waals surface area contributed by atoms with Crippen LogP contribution in [0.5, 0.6) is 0 Å². The van der Waals surface area contributed by atoms with E-state index in [2.05, 4.69) is 5.32 Å². The van der Waals surface area contributed by atoms with Gasteiger partial charge in [0.1, 0.15) is 11.6 Å². The fraction of sp³-hybridized carbons (Fsp3) is 0. The highest BCUT2D eigenvalue weighted by atomic mass is 19.1. The van der Waals surface area contributed by atoms with Gasteiger partial charge in [-0.3, -0.25) is 20.3 Å². The van der Waals surface area contributed by atoms with Crippen LogP contribution < -0.4 is 16.2 Å². The summed E-state index contributed by atoms with van der Waals surface area (Å²) in [6.45, 7) is 0. The summed E-state index contributed by atoms with van der Waals surface area (Å²) in [4.78, 5) is 33.3. The molecule has 0 aliphatic carbocycles. The molecule has 0 aliphatic heterocycles. The van der Waals surface area contributed by atoms with Gasteiger partial charge in [-0.05, 0) is 18.2 Å². The van der Waals surface area contributed by atoms with Crippen molar-refractivity contribution in [2.24, 2.45) is 0 Å². The standard InChI is InChI=1S/C14H10F2N4O4/c15-9-4-5-12(11(16)7-9)17-14(22)19-18-13(21)8-2-1-3-10(6-8)20(23)24/h1-7H,(H,18,21)(H2,17,19,22). The third-order valence-corrected chi connectivity index (χ3v) is 2.79. The number of nitro benzene ring substituents is 1. The van der Waals surface area contributed by atoms with Crippen LogP contribution in [-0.4, -0.2) is 16.9 Å². The van der Waals surface area contributed by atoms with Crippen molar-refractivity contribution in [1.82, 2.24) is 10.9 Å². The van der Waals surface area contributed by atoms with Gasteiger partial charge in [0, 0.05) is 23.8 Å². The highest BCUT2D eigenvalue weighted by Crippen LogP contribution is 2.15. The number of anilines is 1. The number of nitrogens with one attached hydrogen (secondary N) is 3. The third-order valence-electron chi connectivity index (χ3n) is 2.79. The summed E-state index contributed by atoms with van der Waals surface area (Å²) in [5, 5.41) is 12.7. The predicted molar refractivity (Wildman–Crippen MR) is 79.1 cm³/mol. The van der Waals surface area contributed by atoms with Gasteiger partial charge in [0.25, 0.3) is 11.6 Å². The quantitative estimate of drug-likeness (QED) is 0.589. The summed E-state index contributed by atoms with van der Waals surface area (Å²) in [5.41, 5.74) is 3.29. The molecular formula is C14H10F2N4O4. The normalized spacial score (nSPS) is 9.92. The molecule has 124 valence electrons. The lowest BCUT2D eigenvalue weighted by atomic mass is 10.2. The van der Waals surface area contributed by atoms with Gasteiger partial charge in [0.15, 0.2) is 0 Å². The fourth-order valence-corrected chi connectivity index (χ4v) is 1.69.